The second kappa shape index (κ2) is 7.26. The van der Waals surface area contributed by atoms with Gasteiger partial charge in [-0.3, -0.25) is 9.59 Å². The lowest BCUT2D eigenvalue weighted by Gasteiger charge is -2.15. The van der Waals surface area contributed by atoms with E-state index in [-0.39, 0.29) is 17.6 Å². The van der Waals surface area contributed by atoms with Gasteiger partial charge in [0.25, 0.3) is 0 Å². The number of hydrogen-bond acceptors (Lipinski definition) is 4. The third-order valence-corrected chi connectivity index (χ3v) is 3.80. The summed E-state index contributed by atoms with van der Waals surface area (Å²) in [6.45, 7) is -2.92. The summed E-state index contributed by atoms with van der Waals surface area (Å²) in [4.78, 5) is 23.5. The highest BCUT2D eigenvalue weighted by Crippen LogP contribution is 2.20. The van der Waals surface area contributed by atoms with Gasteiger partial charge in [-0.15, -0.1) is 0 Å². The normalized spacial score (nSPS) is 18.8. The maximum Gasteiger partial charge on any atom is 0.387 e. The van der Waals surface area contributed by atoms with Crippen molar-refractivity contribution in [2.45, 2.75) is 19.1 Å². The summed E-state index contributed by atoms with van der Waals surface area (Å²) in [5.41, 5.74) is 0.335. The number of nitrogens with one attached hydrogen (secondary N) is 2. The molecule has 1 aromatic carbocycles. The van der Waals surface area contributed by atoms with E-state index in [1.54, 1.807) is 6.07 Å². The molecule has 2 N–H and O–H groups in total. The number of halogens is 2. The number of hydrogen-bond donors (Lipinski definition) is 2. The molecule has 2 rings (SSSR count). The predicted molar refractivity (Wildman–Crippen MR) is 75.6 cm³/mol. The van der Waals surface area contributed by atoms with Crippen LogP contribution in [0, 0.1) is 0 Å². The Bertz CT molecular complexity index is 528. The standard InChI is InChI=1S/C13H14F2N2O3S/c14-13(15)20-9-3-1-2-8(6-9)16-12(19)10-7-21-5-4-11(18)17-10/h1-3,6,10,13H,4-5,7H2,(H,16,19)(H,17,18)/t10-/m1/s1. The van der Waals surface area contributed by atoms with Crippen molar-refractivity contribution >= 4 is 29.3 Å². The molecular weight excluding hydrogens is 302 g/mol. The minimum Gasteiger partial charge on any atom is -0.435 e. The molecule has 0 saturated carbocycles. The average molecular weight is 316 g/mol. The molecule has 0 aromatic heterocycles. The van der Waals surface area contributed by atoms with E-state index in [2.05, 4.69) is 15.4 Å². The van der Waals surface area contributed by atoms with Gasteiger partial charge in [-0.05, 0) is 12.1 Å². The van der Waals surface area contributed by atoms with Gasteiger partial charge in [-0.25, -0.2) is 0 Å². The van der Waals surface area contributed by atoms with Crippen LogP contribution in [0.3, 0.4) is 0 Å². The van der Waals surface area contributed by atoms with Gasteiger partial charge in [0.2, 0.25) is 11.8 Å². The Morgan fingerprint density at radius 2 is 2.29 bits per heavy atom. The maximum absolute atomic E-state index is 12.1. The van der Waals surface area contributed by atoms with Crippen LogP contribution in [0.4, 0.5) is 14.5 Å². The molecule has 21 heavy (non-hydrogen) atoms. The fourth-order valence-electron chi connectivity index (χ4n) is 1.79. The van der Waals surface area contributed by atoms with Gasteiger partial charge in [0.05, 0.1) is 0 Å². The average Bonchev–Trinajstić information content (AvgIpc) is 2.63. The Balaban J connectivity index is 1.99. The van der Waals surface area contributed by atoms with Crippen LogP contribution in [0.25, 0.3) is 0 Å². The van der Waals surface area contributed by atoms with E-state index in [0.717, 1.165) is 0 Å². The smallest absolute Gasteiger partial charge is 0.387 e. The number of alkyl halides is 2. The largest absolute Gasteiger partial charge is 0.435 e. The monoisotopic (exact) mass is 316 g/mol. The lowest BCUT2D eigenvalue weighted by Crippen LogP contribution is -2.44. The summed E-state index contributed by atoms with van der Waals surface area (Å²) >= 11 is 1.51. The van der Waals surface area contributed by atoms with E-state index in [0.29, 0.717) is 23.6 Å². The van der Waals surface area contributed by atoms with E-state index in [1.807, 2.05) is 0 Å². The molecule has 2 amide bonds. The quantitative estimate of drug-likeness (QED) is 0.889. The maximum atomic E-state index is 12.1. The molecule has 1 aliphatic rings. The zero-order valence-corrected chi connectivity index (χ0v) is 11.8. The van der Waals surface area contributed by atoms with Gasteiger partial charge >= 0.3 is 6.61 Å². The van der Waals surface area contributed by atoms with Crippen LogP contribution in [-0.4, -0.2) is 36.0 Å². The lowest BCUT2D eigenvalue weighted by molar-refractivity contribution is -0.125. The minimum atomic E-state index is -2.92. The number of carbonyl (C=O) groups is 2. The number of carbonyl (C=O) groups excluding carboxylic acids is 2. The Labute approximate surface area is 124 Å². The van der Waals surface area contributed by atoms with E-state index >= 15 is 0 Å². The number of amides is 2. The van der Waals surface area contributed by atoms with Crippen LogP contribution in [0.2, 0.25) is 0 Å². The van der Waals surface area contributed by atoms with Crippen LogP contribution >= 0.6 is 11.8 Å². The molecule has 0 radical (unpaired) electrons. The SMILES string of the molecule is O=C1CCSC[C@H](C(=O)Nc2cccc(OC(F)F)c2)N1. The second-order valence-corrected chi connectivity index (χ2v) is 5.49. The topological polar surface area (TPSA) is 67.4 Å². The summed E-state index contributed by atoms with van der Waals surface area (Å²) in [6.07, 6.45) is 0.381. The molecule has 1 aliphatic heterocycles. The van der Waals surface area contributed by atoms with Crippen LogP contribution in [0.15, 0.2) is 24.3 Å². The molecule has 8 heteroatoms. The zero-order chi connectivity index (χ0) is 15.2. The molecule has 0 bridgehead atoms. The first-order chi connectivity index (χ1) is 10.0. The second-order valence-electron chi connectivity index (χ2n) is 4.34. The van der Waals surface area contributed by atoms with E-state index in [4.69, 9.17) is 0 Å². The molecule has 0 spiro atoms. The summed E-state index contributed by atoms with van der Waals surface area (Å²) in [5, 5.41) is 5.20. The number of benzene rings is 1. The van der Waals surface area contributed by atoms with Crippen molar-refractivity contribution in [2.75, 3.05) is 16.8 Å². The number of rotatable bonds is 4. The van der Waals surface area contributed by atoms with Crippen LogP contribution in [-0.2, 0) is 9.59 Å². The summed E-state index contributed by atoms with van der Waals surface area (Å²) in [6, 6.07) is 5.08. The van der Waals surface area contributed by atoms with Crippen LogP contribution in [0.1, 0.15) is 6.42 Å². The predicted octanol–water partition coefficient (Wildman–Crippen LogP) is 1.85. The highest BCUT2D eigenvalue weighted by Gasteiger charge is 2.23. The summed E-state index contributed by atoms with van der Waals surface area (Å²) < 4.78 is 28.5. The lowest BCUT2D eigenvalue weighted by atomic mass is 10.2. The number of thioether (sulfide) groups is 1. The van der Waals surface area contributed by atoms with Crippen molar-refractivity contribution in [3.8, 4) is 5.75 Å². The summed E-state index contributed by atoms with van der Waals surface area (Å²) in [5.74, 6) is 0.557. The van der Waals surface area contributed by atoms with Crippen molar-refractivity contribution in [3.63, 3.8) is 0 Å². The fraction of sp³-hybridized carbons (Fsp3) is 0.385. The van der Waals surface area contributed by atoms with Crippen molar-refractivity contribution in [2.24, 2.45) is 0 Å². The third-order valence-electron chi connectivity index (χ3n) is 2.74. The van der Waals surface area contributed by atoms with Gasteiger partial charge in [0, 0.05) is 29.7 Å². The molecular formula is C13H14F2N2O3S. The van der Waals surface area contributed by atoms with Gasteiger partial charge in [0.15, 0.2) is 0 Å². The van der Waals surface area contributed by atoms with Gasteiger partial charge in [-0.1, -0.05) is 6.07 Å². The molecule has 1 saturated heterocycles. The van der Waals surface area contributed by atoms with Gasteiger partial charge < -0.3 is 15.4 Å². The van der Waals surface area contributed by atoms with Crippen molar-refractivity contribution < 1.29 is 23.1 Å². The van der Waals surface area contributed by atoms with E-state index < -0.39 is 12.7 Å². The van der Waals surface area contributed by atoms with Crippen LogP contribution < -0.4 is 15.4 Å². The number of anilines is 1. The zero-order valence-electron chi connectivity index (χ0n) is 11.0. The molecule has 1 aromatic rings. The molecule has 114 valence electrons. The summed E-state index contributed by atoms with van der Waals surface area (Å²) in [7, 11) is 0. The minimum absolute atomic E-state index is 0.0397. The Morgan fingerprint density at radius 1 is 1.48 bits per heavy atom. The van der Waals surface area contributed by atoms with Crippen molar-refractivity contribution in [1.82, 2.24) is 5.32 Å². The Morgan fingerprint density at radius 3 is 3.05 bits per heavy atom. The molecule has 1 heterocycles. The van der Waals surface area contributed by atoms with Crippen LogP contribution in [0.5, 0.6) is 5.75 Å². The van der Waals surface area contributed by atoms with Gasteiger partial charge in [0.1, 0.15) is 11.8 Å². The molecule has 1 fully saturated rings. The molecule has 0 aliphatic carbocycles. The first-order valence-corrected chi connectivity index (χ1v) is 7.43. The fourth-order valence-corrected chi connectivity index (χ4v) is 2.76. The van der Waals surface area contributed by atoms with Crippen molar-refractivity contribution in [3.05, 3.63) is 24.3 Å². The molecule has 1 atom stereocenters. The number of ether oxygens (including phenoxy) is 1. The third kappa shape index (κ3) is 4.89. The first-order valence-electron chi connectivity index (χ1n) is 6.27. The Kier molecular flexibility index (Phi) is 5.38. The van der Waals surface area contributed by atoms with Crippen molar-refractivity contribution in [1.29, 1.82) is 0 Å². The highest BCUT2D eigenvalue weighted by molar-refractivity contribution is 7.99. The van der Waals surface area contributed by atoms with E-state index in [9.17, 15) is 18.4 Å². The molecule has 0 unspecified atom stereocenters. The molecule has 5 nitrogen and oxygen atoms in total. The van der Waals surface area contributed by atoms with E-state index in [1.165, 1.54) is 30.0 Å². The Hall–Kier alpha value is -1.83. The first kappa shape index (κ1) is 15.6. The highest BCUT2D eigenvalue weighted by atomic mass is 32.2. The van der Waals surface area contributed by atoms with Gasteiger partial charge in [-0.2, -0.15) is 20.5 Å².